The number of morpholine rings is 1. The standard InChI is InChI=1S/C17H26N2O2/c1-13-10-19(11-14(2)21-13)17(20)15(3)18(4)12-16-8-6-5-7-9-16/h5-9,13-15H,10-12H2,1-4H3. The van der Waals surface area contributed by atoms with Gasteiger partial charge in [-0.05, 0) is 33.4 Å². The SMILES string of the molecule is CC1CN(C(=O)C(C)N(C)Cc2ccccc2)CC(C)O1. The molecule has 1 saturated heterocycles. The summed E-state index contributed by atoms with van der Waals surface area (Å²) < 4.78 is 5.69. The molecule has 0 radical (unpaired) electrons. The van der Waals surface area contributed by atoms with Crippen molar-refractivity contribution in [3.8, 4) is 0 Å². The van der Waals surface area contributed by atoms with Crippen LogP contribution in [-0.2, 0) is 16.1 Å². The molecule has 1 aromatic carbocycles. The largest absolute Gasteiger partial charge is 0.372 e. The molecule has 4 heteroatoms. The summed E-state index contributed by atoms with van der Waals surface area (Å²) in [4.78, 5) is 16.7. The van der Waals surface area contributed by atoms with Crippen LogP contribution in [0, 0.1) is 0 Å². The van der Waals surface area contributed by atoms with Crippen molar-refractivity contribution >= 4 is 5.91 Å². The van der Waals surface area contributed by atoms with Gasteiger partial charge in [0.25, 0.3) is 0 Å². The van der Waals surface area contributed by atoms with Crippen molar-refractivity contribution in [2.75, 3.05) is 20.1 Å². The fourth-order valence-electron chi connectivity index (χ4n) is 2.82. The predicted molar refractivity (Wildman–Crippen MR) is 84.0 cm³/mol. The summed E-state index contributed by atoms with van der Waals surface area (Å²) in [5.74, 6) is 0.190. The normalized spacial score (nSPS) is 24.1. The van der Waals surface area contributed by atoms with E-state index in [-0.39, 0.29) is 24.2 Å². The monoisotopic (exact) mass is 290 g/mol. The van der Waals surface area contributed by atoms with Gasteiger partial charge >= 0.3 is 0 Å². The van der Waals surface area contributed by atoms with Gasteiger partial charge in [0.1, 0.15) is 0 Å². The van der Waals surface area contributed by atoms with Crippen LogP contribution in [0.1, 0.15) is 26.3 Å². The minimum atomic E-state index is -0.122. The number of hydrogen-bond donors (Lipinski definition) is 0. The third-order valence-corrected chi connectivity index (χ3v) is 4.02. The molecule has 1 aliphatic rings. The van der Waals surface area contributed by atoms with E-state index in [1.54, 1.807) is 0 Å². The van der Waals surface area contributed by atoms with Gasteiger partial charge in [0.2, 0.25) is 5.91 Å². The van der Waals surface area contributed by atoms with Gasteiger partial charge in [0, 0.05) is 19.6 Å². The van der Waals surface area contributed by atoms with Gasteiger partial charge in [-0.3, -0.25) is 9.69 Å². The Hall–Kier alpha value is -1.39. The van der Waals surface area contributed by atoms with Crippen LogP contribution in [0.5, 0.6) is 0 Å². The Morgan fingerprint density at radius 1 is 1.29 bits per heavy atom. The Morgan fingerprint density at radius 3 is 2.43 bits per heavy atom. The molecule has 2 rings (SSSR count). The Balaban J connectivity index is 1.95. The second-order valence-electron chi connectivity index (χ2n) is 6.08. The Kier molecular flexibility index (Phi) is 5.37. The maximum absolute atomic E-state index is 12.6. The van der Waals surface area contributed by atoms with E-state index in [2.05, 4.69) is 17.0 Å². The number of likely N-dealkylation sites (N-methyl/N-ethyl adjacent to an activating group) is 1. The van der Waals surface area contributed by atoms with Crippen molar-refractivity contribution in [1.29, 1.82) is 0 Å². The number of benzene rings is 1. The summed E-state index contributed by atoms with van der Waals surface area (Å²) >= 11 is 0. The minimum absolute atomic E-state index is 0.115. The quantitative estimate of drug-likeness (QED) is 0.852. The Morgan fingerprint density at radius 2 is 1.86 bits per heavy atom. The number of ether oxygens (including phenoxy) is 1. The van der Waals surface area contributed by atoms with Crippen molar-refractivity contribution < 1.29 is 9.53 Å². The van der Waals surface area contributed by atoms with Gasteiger partial charge in [-0.25, -0.2) is 0 Å². The summed E-state index contributed by atoms with van der Waals surface area (Å²) in [6.07, 6.45) is 0.230. The maximum atomic E-state index is 12.6. The van der Waals surface area contributed by atoms with E-state index in [1.165, 1.54) is 5.56 Å². The summed E-state index contributed by atoms with van der Waals surface area (Å²) in [6, 6.07) is 10.1. The van der Waals surface area contributed by atoms with Crippen molar-refractivity contribution in [2.24, 2.45) is 0 Å². The van der Waals surface area contributed by atoms with Crippen LogP contribution in [-0.4, -0.2) is 54.1 Å². The van der Waals surface area contributed by atoms with E-state index in [0.29, 0.717) is 13.1 Å². The predicted octanol–water partition coefficient (Wildman–Crippen LogP) is 2.14. The third kappa shape index (κ3) is 4.29. The molecule has 0 bridgehead atoms. The van der Waals surface area contributed by atoms with Gasteiger partial charge in [-0.15, -0.1) is 0 Å². The molecule has 0 N–H and O–H groups in total. The fraction of sp³-hybridized carbons (Fsp3) is 0.588. The number of hydrogen-bond acceptors (Lipinski definition) is 3. The number of amides is 1. The number of rotatable bonds is 4. The van der Waals surface area contributed by atoms with Crippen LogP contribution in [0.25, 0.3) is 0 Å². The zero-order valence-corrected chi connectivity index (χ0v) is 13.5. The lowest BCUT2D eigenvalue weighted by molar-refractivity contribution is -0.147. The summed E-state index contributed by atoms with van der Waals surface area (Å²) in [5.41, 5.74) is 1.23. The Labute approximate surface area is 127 Å². The summed E-state index contributed by atoms with van der Waals surface area (Å²) in [5, 5.41) is 0. The lowest BCUT2D eigenvalue weighted by atomic mass is 10.1. The van der Waals surface area contributed by atoms with Gasteiger partial charge in [-0.1, -0.05) is 30.3 Å². The smallest absolute Gasteiger partial charge is 0.239 e. The van der Waals surface area contributed by atoms with Crippen LogP contribution < -0.4 is 0 Å². The zero-order valence-electron chi connectivity index (χ0n) is 13.5. The second kappa shape index (κ2) is 7.05. The van der Waals surface area contributed by atoms with E-state index < -0.39 is 0 Å². The first-order chi connectivity index (χ1) is 9.97. The molecule has 0 aromatic heterocycles. The average molecular weight is 290 g/mol. The second-order valence-corrected chi connectivity index (χ2v) is 6.08. The molecule has 3 atom stereocenters. The molecule has 0 saturated carbocycles. The van der Waals surface area contributed by atoms with Crippen LogP contribution in [0.3, 0.4) is 0 Å². The maximum Gasteiger partial charge on any atom is 0.239 e. The van der Waals surface area contributed by atoms with Crippen molar-refractivity contribution in [2.45, 2.75) is 45.6 Å². The molecule has 1 amide bonds. The average Bonchev–Trinajstić information content (AvgIpc) is 2.45. The summed E-state index contributed by atoms with van der Waals surface area (Å²) in [6.45, 7) is 8.18. The molecule has 1 aliphatic heterocycles. The van der Waals surface area contributed by atoms with Crippen LogP contribution in [0.2, 0.25) is 0 Å². The van der Waals surface area contributed by atoms with Crippen molar-refractivity contribution in [1.82, 2.24) is 9.80 Å². The number of nitrogens with zero attached hydrogens (tertiary/aromatic N) is 2. The first-order valence-corrected chi connectivity index (χ1v) is 7.65. The molecule has 1 heterocycles. The Bertz CT molecular complexity index is 453. The van der Waals surface area contributed by atoms with Gasteiger partial charge in [0.05, 0.1) is 18.2 Å². The van der Waals surface area contributed by atoms with E-state index in [4.69, 9.17) is 4.74 Å². The van der Waals surface area contributed by atoms with Gasteiger partial charge in [0.15, 0.2) is 0 Å². The van der Waals surface area contributed by atoms with E-state index >= 15 is 0 Å². The zero-order chi connectivity index (χ0) is 15.4. The molecular formula is C17H26N2O2. The minimum Gasteiger partial charge on any atom is -0.372 e. The lowest BCUT2D eigenvalue weighted by Gasteiger charge is -2.38. The summed E-state index contributed by atoms with van der Waals surface area (Å²) in [7, 11) is 2.00. The van der Waals surface area contributed by atoms with Crippen molar-refractivity contribution in [3.05, 3.63) is 35.9 Å². The molecule has 21 heavy (non-hydrogen) atoms. The van der Waals surface area contributed by atoms with E-state index in [9.17, 15) is 4.79 Å². The van der Waals surface area contributed by atoms with Crippen LogP contribution in [0.15, 0.2) is 30.3 Å². The van der Waals surface area contributed by atoms with Gasteiger partial charge in [-0.2, -0.15) is 0 Å². The molecule has 4 nitrogen and oxygen atoms in total. The molecule has 0 aliphatic carbocycles. The molecule has 1 fully saturated rings. The third-order valence-electron chi connectivity index (χ3n) is 4.02. The van der Waals surface area contributed by atoms with Gasteiger partial charge < -0.3 is 9.64 Å². The van der Waals surface area contributed by atoms with Crippen LogP contribution in [0.4, 0.5) is 0 Å². The first-order valence-electron chi connectivity index (χ1n) is 7.65. The van der Waals surface area contributed by atoms with E-state index in [0.717, 1.165) is 6.54 Å². The van der Waals surface area contributed by atoms with Crippen molar-refractivity contribution in [3.63, 3.8) is 0 Å². The highest BCUT2D eigenvalue weighted by Gasteiger charge is 2.30. The fourth-order valence-corrected chi connectivity index (χ4v) is 2.82. The highest BCUT2D eigenvalue weighted by molar-refractivity contribution is 5.81. The highest BCUT2D eigenvalue weighted by Crippen LogP contribution is 2.14. The molecular weight excluding hydrogens is 264 g/mol. The molecule has 116 valence electrons. The lowest BCUT2D eigenvalue weighted by Crippen LogP contribution is -2.53. The topological polar surface area (TPSA) is 32.8 Å². The number of carbonyl (C=O) groups is 1. The van der Waals surface area contributed by atoms with Crippen LogP contribution >= 0.6 is 0 Å². The molecule has 1 aromatic rings. The van der Waals surface area contributed by atoms with E-state index in [1.807, 2.05) is 50.9 Å². The molecule has 3 unspecified atom stereocenters. The molecule has 0 spiro atoms. The highest BCUT2D eigenvalue weighted by atomic mass is 16.5. The number of carbonyl (C=O) groups excluding carboxylic acids is 1. The first kappa shape index (κ1) is 16.0.